The molecule has 0 amide bonds. The minimum atomic E-state index is -0.224. The third-order valence-electron chi connectivity index (χ3n) is 17.1. The summed E-state index contributed by atoms with van der Waals surface area (Å²) in [5.41, 5.74) is 27.5. The van der Waals surface area contributed by atoms with Gasteiger partial charge >= 0.3 is 0 Å². The fourth-order valence-corrected chi connectivity index (χ4v) is 13.0. The number of fused-ring (bicyclic) bond motifs is 12. The van der Waals surface area contributed by atoms with E-state index in [1.807, 2.05) is 12.1 Å². The molecule has 0 bridgehead atoms. The van der Waals surface area contributed by atoms with Crippen molar-refractivity contribution in [3.63, 3.8) is 0 Å². The molecule has 0 saturated carbocycles. The van der Waals surface area contributed by atoms with Crippen molar-refractivity contribution in [3.8, 4) is 66.8 Å². The second-order valence-corrected chi connectivity index (χ2v) is 22.0. The van der Waals surface area contributed by atoms with E-state index in [4.69, 9.17) is 8.83 Å². The summed E-state index contributed by atoms with van der Waals surface area (Å²) in [6, 6.07) is 87.7. The van der Waals surface area contributed by atoms with Crippen LogP contribution in [0, 0.1) is 0 Å². The van der Waals surface area contributed by atoms with Crippen molar-refractivity contribution in [2.24, 2.45) is 0 Å². The van der Waals surface area contributed by atoms with Gasteiger partial charge in [-0.3, -0.25) is 0 Å². The second kappa shape index (κ2) is 16.3. The van der Waals surface area contributed by atoms with Crippen LogP contribution in [0.3, 0.4) is 0 Å². The highest BCUT2D eigenvalue weighted by molar-refractivity contribution is 6.07. The highest BCUT2D eigenvalue weighted by atomic mass is 16.3. The summed E-state index contributed by atoms with van der Waals surface area (Å²) in [6.45, 7) is 9.63. The van der Waals surface area contributed by atoms with Crippen molar-refractivity contribution in [1.29, 1.82) is 0 Å². The Labute approximate surface area is 437 Å². The molecule has 0 N–H and O–H groups in total. The van der Waals surface area contributed by atoms with E-state index in [1.165, 1.54) is 106 Å². The van der Waals surface area contributed by atoms with E-state index in [9.17, 15) is 0 Å². The Morgan fingerprint density at radius 1 is 0.253 bits per heavy atom. The molecule has 0 atom stereocenters. The van der Waals surface area contributed by atoms with Gasteiger partial charge in [-0.25, -0.2) is 0 Å². The van der Waals surface area contributed by atoms with Crippen molar-refractivity contribution >= 4 is 43.9 Å². The molecule has 356 valence electrons. The van der Waals surface area contributed by atoms with Gasteiger partial charge in [0, 0.05) is 38.3 Å². The van der Waals surface area contributed by atoms with Gasteiger partial charge in [0.15, 0.2) is 0 Å². The van der Waals surface area contributed by atoms with Gasteiger partial charge in [0.1, 0.15) is 22.3 Å². The molecular weight excluding hydrogens is 909 g/mol. The molecule has 15 rings (SSSR count). The summed E-state index contributed by atoms with van der Waals surface area (Å²) < 4.78 is 12.4. The monoisotopic (exact) mass is 960 g/mol. The van der Waals surface area contributed by atoms with Gasteiger partial charge in [-0.1, -0.05) is 216 Å². The van der Waals surface area contributed by atoms with Crippen molar-refractivity contribution in [2.75, 3.05) is 0 Å². The van der Waals surface area contributed by atoms with Gasteiger partial charge in [-0.2, -0.15) is 0 Å². The van der Waals surface area contributed by atoms with Crippen LogP contribution in [-0.2, 0) is 10.8 Å². The molecule has 0 radical (unpaired) electrons. The number of rotatable bonds is 7. The first-order valence-electron chi connectivity index (χ1n) is 26.3. The maximum Gasteiger partial charge on any atom is 0.135 e. The molecule has 0 saturated heterocycles. The van der Waals surface area contributed by atoms with Crippen molar-refractivity contribution in [2.45, 2.75) is 44.4 Å². The highest BCUT2D eigenvalue weighted by Gasteiger charge is 2.39. The zero-order valence-electron chi connectivity index (χ0n) is 42.4. The number of benzene rings is 11. The molecule has 75 heavy (non-hydrogen) atoms. The Balaban J connectivity index is 0.813. The van der Waals surface area contributed by atoms with E-state index < -0.39 is 0 Å². The van der Waals surface area contributed by atoms with E-state index in [-0.39, 0.29) is 16.7 Å². The van der Waals surface area contributed by atoms with Crippen LogP contribution < -0.4 is 0 Å². The topological polar surface area (TPSA) is 26.3 Å². The molecular formula is C73H52O2. The molecule has 0 fully saturated rings. The van der Waals surface area contributed by atoms with Crippen LogP contribution in [0.25, 0.3) is 111 Å². The predicted octanol–water partition coefficient (Wildman–Crippen LogP) is 19.9. The van der Waals surface area contributed by atoms with Crippen LogP contribution in [0.15, 0.2) is 245 Å². The SMILES string of the molecule is CC1(C)c2cc(-c3ccc4oc5ccccc5c4c3)ccc2-c2ccc(C(c3ccc(-c4ccc(-c5ccccc5)cc4)cc3)c3ccc4c(c3)C(C)(C)c3cc(-c5ccc6oc7ccccc7c6c5)ccc3-4)cc21. The third-order valence-corrected chi connectivity index (χ3v) is 17.1. The minimum Gasteiger partial charge on any atom is -0.456 e. The van der Waals surface area contributed by atoms with Gasteiger partial charge < -0.3 is 8.83 Å². The molecule has 11 aromatic carbocycles. The first-order chi connectivity index (χ1) is 36.6. The quantitative estimate of drug-likeness (QED) is 0.149. The zero-order chi connectivity index (χ0) is 50.2. The summed E-state index contributed by atoms with van der Waals surface area (Å²) >= 11 is 0. The summed E-state index contributed by atoms with van der Waals surface area (Å²) in [4.78, 5) is 0. The minimum absolute atomic E-state index is 0.00623. The number of hydrogen-bond donors (Lipinski definition) is 0. The molecule has 2 nitrogen and oxygen atoms in total. The van der Waals surface area contributed by atoms with Crippen molar-refractivity contribution in [3.05, 3.63) is 276 Å². The average molecular weight is 961 g/mol. The molecule has 0 unspecified atom stereocenters. The van der Waals surface area contributed by atoms with Crippen molar-refractivity contribution in [1.82, 2.24) is 0 Å². The van der Waals surface area contributed by atoms with E-state index >= 15 is 0 Å². The van der Waals surface area contributed by atoms with Crippen molar-refractivity contribution < 1.29 is 8.83 Å². The first-order valence-corrected chi connectivity index (χ1v) is 26.3. The van der Waals surface area contributed by atoms with Gasteiger partial charge in [-0.05, 0) is 154 Å². The van der Waals surface area contributed by atoms with Gasteiger partial charge in [0.05, 0.1) is 0 Å². The molecule has 2 aliphatic carbocycles. The maximum absolute atomic E-state index is 6.21. The largest absolute Gasteiger partial charge is 0.456 e. The fraction of sp³-hybridized carbons (Fsp3) is 0.0959. The molecule has 2 aromatic heterocycles. The second-order valence-electron chi connectivity index (χ2n) is 22.0. The molecule has 2 heterocycles. The summed E-state index contributed by atoms with van der Waals surface area (Å²) in [6.07, 6.45) is 0. The van der Waals surface area contributed by atoms with Gasteiger partial charge in [-0.15, -0.1) is 0 Å². The van der Waals surface area contributed by atoms with E-state index in [1.54, 1.807) is 0 Å². The van der Waals surface area contributed by atoms with Crippen LogP contribution in [0.2, 0.25) is 0 Å². The lowest BCUT2D eigenvalue weighted by atomic mass is 9.77. The third kappa shape index (κ3) is 6.79. The molecule has 2 aliphatic rings. The smallest absolute Gasteiger partial charge is 0.135 e. The van der Waals surface area contributed by atoms with Crippen LogP contribution in [0.4, 0.5) is 0 Å². The molecule has 0 aliphatic heterocycles. The molecule has 13 aromatic rings. The standard InChI is InChI=1S/C73H52O2/c1-72(2)63-40-51(49-30-36-69-61(38-49)59-14-8-10-16-67(59)74-69)26-32-55(63)57-34-28-53(42-65(57)72)71(48-24-22-47(23-25-48)46-20-18-45(19-21-46)44-12-6-5-7-13-44)54-29-35-58-56-33-27-52(41-64(56)73(3,4)66(58)43-54)50-31-37-70-62(39-50)60-15-9-11-17-68(60)75-70/h5-43,71H,1-4H3. The lowest BCUT2D eigenvalue weighted by Crippen LogP contribution is -2.17. The zero-order valence-corrected chi connectivity index (χ0v) is 42.4. The Bertz CT molecular complexity index is 4220. The summed E-state index contributed by atoms with van der Waals surface area (Å²) in [7, 11) is 0. The Morgan fingerprint density at radius 3 is 1.04 bits per heavy atom. The number of para-hydroxylation sites is 2. The predicted molar refractivity (Wildman–Crippen MR) is 312 cm³/mol. The fourth-order valence-electron chi connectivity index (χ4n) is 13.0. The van der Waals surface area contributed by atoms with E-state index in [2.05, 4.69) is 252 Å². The summed E-state index contributed by atoms with van der Waals surface area (Å²) in [5, 5.41) is 4.60. The lowest BCUT2D eigenvalue weighted by molar-refractivity contribution is 0.657. The number of hydrogen-bond acceptors (Lipinski definition) is 2. The average Bonchev–Trinajstić information content (AvgIpc) is 4.15. The number of furan rings is 2. The highest BCUT2D eigenvalue weighted by Crippen LogP contribution is 2.54. The van der Waals surface area contributed by atoms with Crippen LogP contribution in [-0.4, -0.2) is 0 Å². The molecule has 0 spiro atoms. The Morgan fingerprint density at radius 2 is 0.573 bits per heavy atom. The normalized spacial score (nSPS) is 13.9. The first kappa shape index (κ1) is 43.6. The lowest BCUT2D eigenvalue weighted by Gasteiger charge is -2.26. The van der Waals surface area contributed by atoms with E-state index in [0.717, 1.165) is 43.9 Å². The van der Waals surface area contributed by atoms with Crippen LogP contribution >= 0.6 is 0 Å². The van der Waals surface area contributed by atoms with Gasteiger partial charge in [0.2, 0.25) is 0 Å². The van der Waals surface area contributed by atoms with Crippen LogP contribution in [0.5, 0.6) is 0 Å². The Kier molecular flexibility index (Phi) is 9.45. The Hall–Kier alpha value is -8.98. The van der Waals surface area contributed by atoms with Gasteiger partial charge in [0.25, 0.3) is 0 Å². The molecule has 2 heteroatoms. The summed E-state index contributed by atoms with van der Waals surface area (Å²) in [5.74, 6) is -0.00623. The maximum atomic E-state index is 6.21. The van der Waals surface area contributed by atoms with Crippen LogP contribution in [0.1, 0.15) is 72.6 Å². The van der Waals surface area contributed by atoms with E-state index in [0.29, 0.717) is 0 Å².